The van der Waals surface area contributed by atoms with Gasteiger partial charge < -0.3 is 10.0 Å². The van der Waals surface area contributed by atoms with E-state index in [4.69, 9.17) is 0 Å². The number of carboxylic acids is 1. The van der Waals surface area contributed by atoms with Crippen LogP contribution in [0, 0.1) is 0 Å². The van der Waals surface area contributed by atoms with E-state index in [0.29, 0.717) is 19.5 Å². The van der Waals surface area contributed by atoms with Gasteiger partial charge in [-0.3, -0.25) is 9.69 Å². The number of aliphatic carboxylic acids is 1. The number of hydrogen-bond donors (Lipinski definition) is 1. The second-order valence-corrected chi connectivity index (χ2v) is 5.59. The highest BCUT2D eigenvalue weighted by Crippen LogP contribution is 2.17. The van der Waals surface area contributed by atoms with E-state index < -0.39 is 12.0 Å². The minimum atomic E-state index is -0.895. The summed E-state index contributed by atoms with van der Waals surface area (Å²) in [7, 11) is 1.88. The molecule has 1 aromatic rings. The molecule has 1 heterocycles. The molecule has 0 unspecified atom stereocenters. The Balaban J connectivity index is 1.91. The molecule has 1 atom stereocenters. The van der Waals surface area contributed by atoms with Crippen LogP contribution in [0.4, 0.5) is 0 Å². The number of nitrogens with zero attached hydrogens (tertiary/aromatic N) is 2. The highest BCUT2D eigenvalue weighted by Gasteiger charge is 2.31. The van der Waals surface area contributed by atoms with E-state index in [1.54, 1.807) is 0 Å². The number of amides is 1. The maximum Gasteiger partial charge on any atom is 0.326 e. The van der Waals surface area contributed by atoms with Crippen molar-refractivity contribution >= 4 is 11.9 Å². The van der Waals surface area contributed by atoms with Gasteiger partial charge in [-0.2, -0.15) is 0 Å². The van der Waals surface area contributed by atoms with Crippen molar-refractivity contribution in [2.75, 3.05) is 20.1 Å². The van der Waals surface area contributed by atoms with Crippen molar-refractivity contribution in [2.24, 2.45) is 0 Å². The van der Waals surface area contributed by atoms with E-state index in [-0.39, 0.29) is 12.5 Å². The van der Waals surface area contributed by atoms with Crippen molar-refractivity contribution in [1.82, 2.24) is 9.80 Å². The smallest absolute Gasteiger partial charge is 0.326 e. The minimum absolute atomic E-state index is 0.0967. The zero-order valence-electron chi connectivity index (χ0n) is 12.4. The lowest BCUT2D eigenvalue weighted by molar-refractivity contribution is -0.152. The molecule has 1 amide bonds. The summed E-state index contributed by atoms with van der Waals surface area (Å²) in [4.78, 5) is 27.0. The number of likely N-dealkylation sites (tertiary alicyclic amines) is 1. The van der Waals surface area contributed by atoms with Gasteiger partial charge in [-0.05, 0) is 31.9 Å². The highest BCUT2D eigenvalue weighted by molar-refractivity contribution is 5.85. The molecule has 1 fully saturated rings. The molecular weight excluding hydrogens is 268 g/mol. The number of carbonyl (C=O) groups is 2. The number of hydrogen-bond acceptors (Lipinski definition) is 3. The molecule has 1 aromatic carbocycles. The first-order valence-corrected chi connectivity index (χ1v) is 7.32. The van der Waals surface area contributed by atoms with E-state index in [9.17, 15) is 14.7 Å². The number of rotatable bonds is 5. The molecule has 1 saturated heterocycles. The molecule has 1 N–H and O–H groups in total. The van der Waals surface area contributed by atoms with Crippen LogP contribution < -0.4 is 0 Å². The molecule has 0 bridgehead atoms. The fourth-order valence-corrected chi connectivity index (χ4v) is 2.76. The van der Waals surface area contributed by atoms with Crippen LogP contribution in [0.2, 0.25) is 0 Å². The van der Waals surface area contributed by atoms with Gasteiger partial charge in [-0.1, -0.05) is 30.3 Å². The lowest BCUT2D eigenvalue weighted by Crippen LogP contribution is -2.50. The summed E-state index contributed by atoms with van der Waals surface area (Å²) in [5, 5.41) is 9.22. The molecule has 5 nitrogen and oxygen atoms in total. The standard InChI is InChI=1S/C16H22N2O3/c1-17(11-13-7-3-2-4-8-13)12-15(19)18-10-6-5-9-14(18)16(20)21/h2-4,7-8,14H,5-6,9-12H2,1H3,(H,20,21)/t14-/m1/s1. The molecule has 114 valence electrons. The number of benzene rings is 1. The summed E-state index contributed by atoms with van der Waals surface area (Å²) in [6, 6.07) is 9.27. The first-order valence-electron chi connectivity index (χ1n) is 7.32. The summed E-state index contributed by atoms with van der Waals surface area (Å²) >= 11 is 0. The third-order valence-electron chi connectivity index (χ3n) is 3.81. The second kappa shape index (κ2) is 7.22. The molecule has 1 aliphatic rings. The second-order valence-electron chi connectivity index (χ2n) is 5.59. The number of piperidine rings is 1. The molecule has 0 radical (unpaired) electrons. The topological polar surface area (TPSA) is 60.9 Å². The number of likely N-dealkylation sites (N-methyl/N-ethyl adjacent to an activating group) is 1. The molecule has 5 heteroatoms. The summed E-state index contributed by atoms with van der Waals surface area (Å²) in [5.41, 5.74) is 1.14. The normalized spacial score (nSPS) is 18.8. The van der Waals surface area contributed by atoms with E-state index in [1.165, 1.54) is 4.90 Å². The van der Waals surface area contributed by atoms with Crippen molar-refractivity contribution in [3.05, 3.63) is 35.9 Å². The summed E-state index contributed by atoms with van der Waals surface area (Å²) in [6.07, 6.45) is 2.32. The van der Waals surface area contributed by atoms with Crippen LogP contribution in [0.15, 0.2) is 30.3 Å². The zero-order chi connectivity index (χ0) is 15.2. The van der Waals surface area contributed by atoms with Crippen LogP contribution in [0.5, 0.6) is 0 Å². The van der Waals surface area contributed by atoms with Crippen molar-refractivity contribution in [3.63, 3.8) is 0 Å². The molecule has 0 saturated carbocycles. The van der Waals surface area contributed by atoms with Crippen LogP contribution in [-0.4, -0.2) is 53.0 Å². The molecule has 1 aliphatic heterocycles. The van der Waals surface area contributed by atoms with E-state index in [2.05, 4.69) is 0 Å². The quantitative estimate of drug-likeness (QED) is 0.894. The Bertz CT molecular complexity index is 490. The first kappa shape index (κ1) is 15.5. The number of carbonyl (C=O) groups excluding carboxylic acids is 1. The van der Waals surface area contributed by atoms with Crippen LogP contribution in [0.25, 0.3) is 0 Å². The maximum absolute atomic E-state index is 12.3. The van der Waals surface area contributed by atoms with Gasteiger partial charge in [0.2, 0.25) is 5.91 Å². The Morgan fingerprint density at radius 2 is 2.00 bits per heavy atom. The average molecular weight is 290 g/mol. The monoisotopic (exact) mass is 290 g/mol. The van der Waals surface area contributed by atoms with Crippen molar-refractivity contribution in [1.29, 1.82) is 0 Å². The molecule has 0 aliphatic carbocycles. The molecular formula is C16H22N2O3. The van der Waals surface area contributed by atoms with Crippen molar-refractivity contribution in [2.45, 2.75) is 31.8 Å². The fraction of sp³-hybridized carbons (Fsp3) is 0.500. The number of carboxylic acid groups (broad SMARTS) is 1. The van der Waals surface area contributed by atoms with Crippen molar-refractivity contribution in [3.8, 4) is 0 Å². The Labute approximate surface area is 125 Å². The Hall–Kier alpha value is -1.88. The Morgan fingerprint density at radius 1 is 1.29 bits per heavy atom. The van der Waals surface area contributed by atoms with Gasteiger partial charge in [0.25, 0.3) is 0 Å². The van der Waals surface area contributed by atoms with Gasteiger partial charge in [-0.15, -0.1) is 0 Å². The van der Waals surface area contributed by atoms with Crippen LogP contribution in [-0.2, 0) is 16.1 Å². The van der Waals surface area contributed by atoms with Crippen molar-refractivity contribution < 1.29 is 14.7 Å². The predicted octanol–water partition coefficient (Wildman–Crippen LogP) is 1.58. The van der Waals surface area contributed by atoms with Crippen LogP contribution >= 0.6 is 0 Å². The summed E-state index contributed by atoms with van der Waals surface area (Å²) in [5.74, 6) is -0.991. The molecule has 2 rings (SSSR count). The van der Waals surface area contributed by atoms with Crippen LogP contribution in [0.1, 0.15) is 24.8 Å². The fourth-order valence-electron chi connectivity index (χ4n) is 2.76. The lowest BCUT2D eigenvalue weighted by atomic mass is 10.0. The summed E-state index contributed by atoms with van der Waals surface area (Å²) in [6.45, 7) is 1.48. The third-order valence-corrected chi connectivity index (χ3v) is 3.81. The van der Waals surface area contributed by atoms with Gasteiger partial charge in [0, 0.05) is 13.1 Å². The molecule has 21 heavy (non-hydrogen) atoms. The van der Waals surface area contributed by atoms with Gasteiger partial charge in [0.05, 0.1) is 6.54 Å². The van der Waals surface area contributed by atoms with E-state index >= 15 is 0 Å². The van der Waals surface area contributed by atoms with Gasteiger partial charge in [-0.25, -0.2) is 4.79 Å². The van der Waals surface area contributed by atoms with Gasteiger partial charge >= 0.3 is 5.97 Å². The Kier molecular flexibility index (Phi) is 5.33. The van der Waals surface area contributed by atoms with Gasteiger partial charge in [0.1, 0.15) is 6.04 Å². The zero-order valence-corrected chi connectivity index (χ0v) is 12.4. The minimum Gasteiger partial charge on any atom is -0.480 e. The average Bonchev–Trinajstić information content (AvgIpc) is 2.48. The van der Waals surface area contributed by atoms with Gasteiger partial charge in [0.15, 0.2) is 0 Å². The highest BCUT2D eigenvalue weighted by atomic mass is 16.4. The Morgan fingerprint density at radius 3 is 2.67 bits per heavy atom. The largest absolute Gasteiger partial charge is 0.480 e. The van der Waals surface area contributed by atoms with E-state index in [0.717, 1.165) is 18.4 Å². The van der Waals surface area contributed by atoms with Crippen LogP contribution in [0.3, 0.4) is 0 Å². The third kappa shape index (κ3) is 4.29. The first-order chi connectivity index (χ1) is 10.1. The predicted molar refractivity (Wildman–Crippen MR) is 79.8 cm³/mol. The molecule has 0 aromatic heterocycles. The SMILES string of the molecule is CN(CC(=O)N1CCCC[C@@H]1C(=O)O)Cc1ccccc1. The van der Waals surface area contributed by atoms with E-state index in [1.807, 2.05) is 42.3 Å². The summed E-state index contributed by atoms with van der Waals surface area (Å²) < 4.78 is 0. The lowest BCUT2D eigenvalue weighted by Gasteiger charge is -2.34. The maximum atomic E-state index is 12.3. The molecule has 0 spiro atoms.